The van der Waals surface area contributed by atoms with Crippen LogP contribution in [0.25, 0.3) is 0 Å². The number of hydrogen-bond donors (Lipinski definition) is 1. The lowest BCUT2D eigenvalue weighted by Gasteiger charge is -2.05. The zero-order valence-corrected chi connectivity index (χ0v) is 13.5. The molecule has 0 bridgehead atoms. The summed E-state index contributed by atoms with van der Waals surface area (Å²) in [5.74, 6) is 0.639. The zero-order chi connectivity index (χ0) is 17.4. The minimum Gasteiger partial charge on any atom is -0.498 e. The number of hydrogen-bond acceptors (Lipinski definition) is 6. The molecule has 24 heavy (non-hydrogen) atoms. The van der Waals surface area contributed by atoms with Crippen molar-refractivity contribution in [2.24, 2.45) is 10.2 Å². The van der Waals surface area contributed by atoms with E-state index in [0.29, 0.717) is 24.7 Å². The molecule has 0 aliphatic heterocycles. The van der Waals surface area contributed by atoms with Gasteiger partial charge in [0.05, 0.1) is 11.9 Å². The molecular formula is C16H16N2O5S. The zero-order valence-electron chi connectivity index (χ0n) is 12.7. The summed E-state index contributed by atoms with van der Waals surface area (Å²) in [5.41, 5.74) is 0.566. The second kappa shape index (κ2) is 8.23. The number of rotatable bonds is 8. The Balaban J connectivity index is 2.06. The molecule has 0 saturated carbocycles. The summed E-state index contributed by atoms with van der Waals surface area (Å²) in [6.07, 6.45) is 1.34. The molecule has 2 aromatic rings. The van der Waals surface area contributed by atoms with Crippen LogP contribution in [0.3, 0.4) is 0 Å². The predicted molar refractivity (Wildman–Crippen MR) is 88.5 cm³/mol. The van der Waals surface area contributed by atoms with Crippen molar-refractivity contribution in [1.29, 1.82) is 0 Å². The monoisotopic (exact) mass is 348 g/mol. The van der Waals surface area contributed by atoms with Crippen molar-refractivity contribution >= 4 is 21.5 Å². The standard InChI is InChI=1S/C16H16N2O5S/c1-2-22-11-12-23-14-9-7-13(8-10-14)17-18-15-5-3-4-6-16(15)24(19,20)21/h2-10H,1,11-12H2,(H,19,20,21). The topological polar surface area (TPSA) is 97.5 Å². The Morgan fingerprint density at radius 1 is 1.04 bits per heavy atom. The molecule has 0 aromatic heterocycles. The van der Waals surface area contributed by atoms with Crippen molar-refractivity contribution < 1.29 is 22.4 Å². The molecule has 0 fully saturated rings. The quantitative estimate of drug-likeness (QED) is 0.338. The fourth-order valence-corrected chi connectivity index (χ4v) is 2.39. The van der Waals surface area contributed by atoms with Crippen LogP contribution in [0.1, 0.15) is 0 Å². The lowest BCUT2D eigenvalue weighted by atomic mass is 10.3. The maximum atomic E-state index is 11.3. The highest BCUT2D eigenvalue weighted by atomic mass is 32.2. The van der Waals surface area contributed by atoms with E-state index in [1.807, 2.05) is 0 Å². The molecule has 0 unspecified atom stereocenters. The van der Waals surface area contributed by atoms with Gasteiger partial charge < -0.3 is 9.47 Å². The summed E-state index contributed by atoms with van der Waals surface area (Å²) in [6, 6.07) is 12.5. The molecule has 1 N–H and O–H groups in total. The van der Waals surface area contributed by atoms with Crippen LogP contribution in [0.2, 0.25) is 0 Å². The largest absolute Gasteiger partial charge is 0.498 e. The molecule has 126 valence electrons. The molecule has 2 rings (SSSR count). The van der Waals surface area contributed by atoms with Crippen LogP contribution in [-0.2, 0) is 14.9 Å². The maximum absolute atomic E-state index is 11.3. The smallest absolute Gasteiger partial charge is 0.296 e. The van der Waals surface area contributed by atoms with E-state index in [9.17, 15) is 8.42 Å². The predicted octanol–water partition coefficient (Wildman–Crippen LogP) is 3.89. The van der Waals surface area contributed by atoms with Gasteiger partial charge in [-0.15, -0.1) is 5.11 Å². The first-order valence-corrected chi connectivity index (χ1v) is 8.38. The first-order valence-electron chi connectivity index (χ1n) is 6.94. The molecule has 0 amide bonds. The Hall–Kier alpha value is -2.71. The van der Waals surface area contributed by atoms with Crippen LogP contribution in [-0.4, -0.2) is 26.2 Å². The Morgan fingerprint density at radius 2 is 1.75 bits per heavy atom. The Bertz CT molecular complexity index is 817. The van der Waals surface area contributed by atoms with Gasteiger partial charge in [0.25, 0.3) is 10.1 Å². The van der Waals surface area contributed by atoms with Gasteiger partial charge in [-0.05, 0) is 36.4 Å². The SMILES string of the molecule is C=COCCOc1ccc(N=Nc2ccccc2S(=O)(=O)O)cc1. The van der Waals surface area contributed by atoms with Gasteiger partial charge in [0.1, 0.15) is 29.5 Å². The van der Waals surface area contributed by atoms with Crippen LogP contribution in [0.4, 0.5) is 11.4 Å². The molecule has 0 heterocycles. The van der Waals surface area contributed by atoms with Crippen molar-refractivity contribution in [1.82, 2.24) is 0 Å². The van der Waals surface area contributed by atoms with Crippen LogP contribution < -0.4 is 4.74 Å². The third-order valence-corrected chi connectivity index (χ3v) is 3.74. The van der Waals surface area contributed by atoms with E-state index < -0.39 is 10.1 Å². The molecular weight excluding hydrogens is 332 g/mol. The van der Waals surface area contributed by atoms with Crippen LogP contribution in [0, 0.1) is 0 Å². The lowest BCUT2D eigenvalue weighted by molar-refractivity contribution is 0.179. The fourth-order valence-electron chi connectivity index (χ4n) is 1.77. The van der Waals surface area contributed by atoms with Gasteiger partial charge in [0, 0.05) is 0 Å². The second-order valence-corrected chi connectivity index (χ2v) is 5.91. The molecule has 0 radical (unpaired) electrons. The van der Waals surface area contributed by atoms with E-state index >= 15 is 0 Å². The van der Waals surface area contributed by atoms with Crippen molar-refractivity contribution in [3.8, 4) is 5.75 Å². The number of benzene rings is 2. The van der Waals surface area contributed by atoms with E-state index in [1.54, 1.807) is 30.3 Å². The number of azo groups is 1. The minimum absolute atomic E-state index is 0.0573. The molecule has 8 heteroatoms. The average Bonchev–Trinajstić information content (AvgIpc) is 2.57. The summed E-state index contributed by atoms with van der Waals surface area (Å²) in [6.45, 7) is 4.21. The van der Waals surface area contributed by atoms with Gasteiger partial charge in [-0.1, -0.05) is 18.7 Å². The minimum atomic E-state index is -4.35. The van der Waals surface area contributed by atoms with Crippen LogP contribution in [0.15, 0.2) is 76.5 Å². The second-order valence-electron chi connectivity index (χ2n) is 4.52. The molecule has 7 nitrogen and oxygen atoms in total. The average molecular weight is 348 g/mol. The number of nitrogens with zero attached hydrogens (tertiary/aromatic N) is 2. The first-order chi connectivity index (χ1) is 11.5. The van der Waals surface area contributed by atoms with Crippen LogP contribution in [0.5, 0.6) is 5.75 Å². The summed E-state index contributed by atoms with van der Waals surface area (Å²) in [5, 5.41) is 7.83. The molecule has 0 atom stereocenters. The third kappa shape index (κ3) is 5.18. The van der Waals surface area contributed by atoms with Crippen molar-refractivity contribution in [3.05, 3.63) is 61.4 Å². The fraction of sp³-hybridized carbons (Fsp3) is 0.125. The number of ether oxygens (including phenoxy) is 2. The molecule has 0 spiro atoms. The molecule has 0 aliphatic rings. The lowest BCUT2D eigenvalue weighted by Crippen LogP contribution is -2.03. The Kier molecular flexibility index (Phi) is 6.05. The third-order valence-electron chi connectivity index (χ3n) is 2.84. The van der Waals surface area contributed by atoms with Crippen molar-refractivity contribution in [2.45, 2.75) is 4.90 Å². The van der Waals surface area contributed by atoms with Gasteiger partial charge >= 0.3 is 0 Å². The molecule has 2 aromatic carbocycles. The van der Waals surface area contributed by atoms with Gasteiger partial charge in [-0.2, -0.15) is 13.5 Å². The van der Waals surface area contributed by atoms with Gasteiger partial charge in [0.2, 0.25) is 0 Å². The van der Waals surface area contributed by atoms with Crippen LogP contribution >= 0.6 is 0 Å². The van der Waals surface area contributed by atoms with Crippen molar-refractivity contribution in [2.75, 3.05) is 13.2 Å². The highest BCUT2D eigenvalue weighted by Gasteiger charge is 2.14. The van der Waals surface area contributed by atoms with Crippen molar-refractivity contribution in [3.63, 3.8) is 0 Å². The van der Waals surface area contributed by atoms with E-state index in [-0.39, 0.29) is 10.6 Å². The summed E-state index contributed by atoms with van der Waals surface area (Å²) >= 11 is 0. The Morgan fingerprint density at radius 3 is 2.42 bits per heavy atom. The van der Waals surface area contributed by atoms with Gasteiger partial charge in [0.15, 0.2) is 0 Å². The summed E-state index contributed by atoms with van der Waals surface area (Å²) in [4.78, 5) is -0.295. The molecule has 0 saturated heterocycles. The highest BCUT2D eigenvalue weighted by molar-refractivity contribution is 7.86. The Labute approximate surface area is 140 Å². The van der Waals surface area contributed by atoms with E-state index in [2.05, 4.69) is 16.8 Å². The maximum Gasteiger partial charge on any atom is 0.296 e. The van der Waals surface area contributed by atoms with E-state index in [4.69, 9.17) is 14.0 Å². The first kappa shape index (κ1) is 17.6. The van der Waals surface area contributed by atoms with E-state index in [1.165, 1.54) is 24.5 Å². The van der Waals surface area contributed by atoms with E-state index in [0.717, 1.165) is 0 Å². The highest BCUT2D eigenvalue weighted by Crippen LogP contribution is 2.26. The van der Waals surface area contributed by atoms with Gasteiger partial charge in [-0.3, -0.25) is 4.55 Å². The summed E-state index contributed by atoms with van der Waals surface area (Å²) < 4.78 is 42.1. The van der Waals surface area contributed by atoms with Gasteiger partial charge in [-0.25, -0.2) is 0 Å². The summed E-state index contributed by atoms with van der Waals surface area (Å²) in [7, 11) is -4.35. The molecule has 0 aliphatic carbocycles. The normalized spacial score (nSPS) is 11.4.